The van der Waals surface area contributed by atoms with Crippen LogP contribution in [0.5, 0.6) is 0 Å². The Morgan fingerprint density at radius 3 is 2.39 bits per heavy atom. The first-order valence-corrected chi connectivity index (χ1v) is 6.58. The van der Waals surface area contributed by atoms with E-state index < -0.39 is 0 Å². The molecule has 1 heterocycles. The van der Waals surface area contributed by atoms with E-state index in [1.807, 2.05) is 18.2 Å². The molecule has 1 aromatic carbocycles. The van der Waals surface area contributed by atoms with Gasteiger partial charge < -0.3 is 10.3 Å². The highest BCUT2D eigenvalue weighted by Crippen LogP contribution is 2.72. The summed E-state index contributed by atoms with van der Waals surface area (Å²) < 4.78 is 2.14. The Kier molecular flexibility index (Phi) is 2.11. The Morgan fingerprint density at radius 1 is 1.22 bits per heavy atom. The van der Waals surface area contributed by atoms with Gasteiger partial charge in [0, 0.05) is 6.04 Å². The molecule has 2 aromatic rings. The number of hydrogen-bond donors (Lipinski definition) is 1. The van der Waals surface area contributed by atoms with Crippen LogP contribution in [0.25, 0.3) is 11.0 Å². The molecule has 3 nitrogen and oxygen atoms in total. The second kappa shape index (κ2) is 3.21. The molecular weight excluding hydrogens is 246 g/mol. The minimum Gasteiger partial charge on any atom is -0.369 e. The van der Waals surface area contributed by atoms with Crippen molar-refractivity contribution < 1.29 is 0 Å². The van der Waals surface area contributed by atoms with Gasteiger partial charge in [-0.05, 0) is 23.0 Å². The number of anilines is 1. The van der Waals surface area contributed by atoms with Crippen LogP contribution in [0.1, 0.15) is 33.7 Å². The number of hydrogen-bond acceptors (Lipinski definition) is 2. The van der Waals surface area contributed by atoms with Crippen molar-refractivity contribution in [3.8, 4) is 0 Å². The van der Waals surface area contributed by atoms with Gasteiger partial charge in [0.25, 0.3) is 0 Å². The maximum Gasteiger partial charge on any atom is 0.201 e. The van der Waals surface area contributed by atoms with Crippen LogP contribution >= 0.6 is 11.6 Å². The quantitative estimate of drug-likeness (QED) is 0.849. The van der Waals surface area contributed by atoms with Crippen molar-refractivity contribution in [1.29, 1.82) is 0 Å². The topological polar surface area (TPSA) is 43.8 Å². The number of nitrogen functional groups attached to an aromatic ring is 1. The average Bonchev–Trinajstić information content (AvgIpc) is 2.55. The number of halogens is 1. The first-order chi connectivity index (χ1) is 8.28. The lowest BCUT2D eigenvalue weighted by Crippen LogP contribution is -2.05. The number of nitrogens with zero attached hydrogens (tertiary/aromatic N) is 2. The van der Waals surface area contributed by atoms with E-state index in [4.69, 9.17) is 17.3 Å². The highest BCUT2D eigenvalue weighted by atomic mass is 35.5. The van der Waals surface area contributed by atoms with E-state index in [-0.39, 0.29) is 10.8 Å². The fourth-order valence-corrected chi connectivity index (χ4v) is 3.39. The fourth-order valence-electron chi connectivity index (χ4n) is 3.18. The maximum atomic E-state index is 6.18. The number of nitrogens with two attached hydrogens (primary N) is 1. The van der Waals surface area contributed by atoms with E-state index in [1.54, 1.807) is 0 Å². The smallest absolute Gasteiger partial charge is 0.201 e. The summed E-state index contributed by atoms with van der Waals surface area (Å²) in [5, 5.41) is 0.661. The van der Waals surface area contributed by atoms with Gasteiger partial charge in [-0.2, -0.15) is 0 Å². The molecule has 0 bridgehead atoms. The van der Waals surface area contributed by atoms with Crippen molar-refractivity contribution in [2.75, 3.05) is 5.73 Å². The lowest BCUT2D eigenvalue weighted by molar-refractivity contribution is 0.457. The van der Waals surface area contributed by atoms with Gasteiger partial charge in [0.15, 0.2) is 0 Å². The standard InChI is InChI=1S/C14H18ClN3/c1-13(2)11(14(13,3)4)18-9-7-5-6-8(15)10(9)17-12(18)16/h5-7,11H,1-4H3,(H2,16,17). The van der Waals surface area contributed by atoms with Crippen LogP contribution in [-0.2, 0) is 0 Å². The summed E-state index contributed by atoms with van der Waals surface area (Å²) >= 11 is 6.18. The van der Waals surface area contributed by atoms with Gasteiger partial charge in [0.05, 0.1) is 10.5 Å². The van der Waals surface area contributed by atoms with Crippen LogP contribution in [0.15, 0.2) is 18.2 Å². The minimum absolute atomic E-state index is 0.219. The fraction of sp³-hybridized carbons (Fsp3) is 0.500. The van der Waals surface area contributed by atoms with Crippen molar-refractivity contribution in [2.45, 2.75) is 33.7 Å². The molecule has 1 aliphatic rings. The van der Waals surface area contributed by atoms with Crippen LogP contribution in [0, 0.1) is 10.8 Å². The summed E-state index contributed by atoms with van der Waals surface area (Å²) in [6.07, 6.45) is 0. The maximum absolute atomic E-state index is 6.18. The molecule has 18 heavy (non-hydrogen) atoms. The Morgan fingerprint density at radius 2 is 1.83 bits per heavy atom. The summed E-state index contributed by atoms with van der Waals surface area (Å²) in [7, 11) is 0. The van der Waals surface area contributed by atoms with Crippen molar-refractivity contribution in [2.24, 2.45) is 10.8 Å². The highest BCUT2D eigenvalue weighted by molar-refractivity contribution is 6.35. The Bertz CT molecular complexity index is 626. The van der Waals surface area contributed by atoms with E-state index in [2.05, 4.69) is 37.2 Å². The zero-order valence-electron chi connectivity index (χ0n) is 11.2. The molecule has 0 atom stereocenters. The van der Waals surface area contributed by atoms with Crippen molar-refractivity contribution in [1.82, 2.24) is 9.55 Å². The summed E-state index contributed by atoms with van der Waals surface area (Å²) in [5.41, 5.74) is 8.37. The normalized spacial score (nSPS) is 21.4. The average molecular weight is 264 g/mol. The minimum atomic E-state index is 0.219. The summed E-state index contributed by atoms with van der Waals surface area (Å²) in [4.78, 5) is 4.41. The molecule has 0 amide bonds. The van der Waals surface area contributed by atoms with E-state index >= 15 is 0 Å². The molecule has 0 spiro atoms. The lowest BCUT2D eigenvalue weighted by Gasteiger charge is -2.08. The largest absolute Gasteiger partial charge is 0.369 e. The van der Waals surface area contributed by atoms with Gasteiger partial charge >= 0.3 is 0 Å². The predicted molar refractivity (Wildman–Crippen MR) is 75.8 cm³/mol. The molecule has 2 N–H and O–H groups in total. The predicted octanol–water partition coefficient (Wildman–Crippen LogP) is 3.88. The SMILES string of the molecule is CC1(C)C(n2c(N)nc3c(Cl)cccc32)C1(C)C. The molecule has 0 aliphatic heterocycles. The molecule has 1 fully saturated rings. The van der Waals surface area contributed by atoms with Gasteiger partial charge in [-0.15, -0.1) is 0 Å². The van der Waals surface area contributed by atoms with Crippen LogP contribution < -0.4 is 5.73 Å². The van der Waals surface area contributed by atoms with Gasteiger partial charge in [0.2, 0.25) is 5.95 Å². The molecule has 1 aliphatic carbocycles. The lowest BCUT2D eigenvalue weighted by atomic mass is 10.0. The Hall–Kier alpha value is -1.22. The molecule has 0 radical (unpaired) electrons. The molecule has 1 aromatic heterocycles. The monoisotopic (exact) mass is 263 g/mol. The van der Waals surface area contributed by atoms with E-state index in [1.165, 1.54) is 0 Å². The number of benzene rings is 1. The number of para-hydroxylation sites is 1. The number of rotatable bonds is 1. The first kappa shape index (κ1) is 11.8. The van der Waals surface area contributed by atoms with Crippen LogP contribution in [0.4, 0.5) is 5.95 Å². The van der Waals surface area contributed by atoms with Crippen LogP contribution in [0.2, 0.25) is 5.02 Å². The molecular formula is C14H18ClN3. The van der Waals surface area contributed by atoms with Crippen molar-refractivity contribution >= 4 is 28.6 Å². The second-order valence-electron chi connectivity index (χ2n) is 6.29. The molecule has 3 rings (SSSR count). The van der Waals surface area contributed by atoms with E-state index in [0.717, 1.165) is 11.0 Å². The van der Waals surface area contributed by atoms with Gasteiger partial charge in [-0.3, -0.25) is 0 Å². The van der Waals surface area contributed by atoms with E-state index in [9.17, 15) is 0 Å². The molecule has 0 saturated heterocycles. The number of aromatic nitrogens is 2. The Labute approximate surface area is 112 Å². The molecule has 1 saturated carbocycles. The Balaban J connectivity index is 2.26. The third-order valence-corrected chi connectivity index (χ3v) is 5.21. The van der Waals surface area contributed by atoms with Gasteiger partial charge in [-0.25, -0.2) is 4.98 Å². The second-order valence-corrected chi connectivity index (χ2v) is 6.70. The zero-order valence-corrected chi connectivity index (χ0v) is 11.9. The van der Waals surface area contributed by atoms with Crippen molar-refractivity contribution in [3.05, 3.63) is 23.2 Å². The van der Waals surface area contributed by atoms with Crippen molar-refractivity contribution in [3.63, 3.8) is 0 Å². The summed E-state index contributed by atoms with van der Waals surface area (Å²) in [6.45, 7) is 9.09. The van der Waals surface area contributed by atoms with Gasteiger partial charge in [-0.1, -0.05) is 45.4 Å². The summed E-state index contributed by atoms with van der Waals surface area (Å²) in [6, 6.07) is 6.21. The molecule has 96 valence electrons. The van der Waals surface area contributed by atoms with E-state index in [0.29, 0.717) is 17.0 Å². The van der Waals surface area contributed by atoms with Crippen LogP contribution in [0.3, 0.4) is 0 Å². The van der Waals surface area contributed by atoms with Crippen LogP contribution in [-0.4, -0.2) is 9.55 Å². The number of imidazole rings is 1. The molecule has 4 heteroatoms. The third kappa shape index (κ3) is 1.23. The summed E-state index contributed by atoms with van der Waals surface area (Å²) in [5.74, 6) is 0.557. The third-order valence-electron chi connectivity index (χ3n) is 4.90. The first-order valence-electron chi connectivity index (χ1n) is 6.20. The number of fused-ring (bicyclic) bond motifs is 1. The zero-order chi connectivity index (χ0) is 13.3. The molecule has 0 unspecified atom stereocenters. The van der Waals surface area contributed by atoms with Gasteiger partial charge in [0.1, 0.15) is 5.52 Å². The highest BCUT2D eigenvalue weighted by Gasteiger charge is 2.66.